The topological polar surface area (TPSA) is 78.4 Å². The molecule has 3 aromatic rings. The second-order valence-corrected chi connectivity index (χ2v) is 5.27. The Kier molecular flexibility index (Phi) is 4.30. The first kappa shape index (κ1) is 15.1. The van der Waals surface area contributed by atoms with Gasteiger partial charge in [-0.2, -0.15) is 0 Å². The molecule has 2 aromatic carbocycles. The number of halogens is 1. The summed E-state index contributed by atoms with van der Waals surface area (Å²) in [5.74, 6) is 0.402. The Balaban J connectivity index is 1.73. The zero-order valence-corrected chi connectivity index (χ0v) is 12.8. The minimum atomic E-state index is -0.542. The number of aromatic nitrogens is 1. The maximum atomic E-state index is 11.3. The standard InChI is InChI=1S/C17H13ClN2O3/c18-12-7-5-11(6-8-12)15-9-13(23-20-15)10-22-16-4-2-1-3-14(16)17(19)21/h1-9H,10H2,(H2,19,21). The predicted octanol–water partition coefficient (Wildman–Crippen LogP) is 3.67. The van der Waals surface area contributed by atoms with Gasteiger partial charge >= 0.3 is 0 Å². The van der Waals surface area contributed by atoms with Crippen molar-refractivity contribution in [2.45, 2.75) is 6.61 Å². The third kappa shape index (κ3) is 3.52. The van der Waals surface area contributed by atoms with Crippen LogP contribution in [0.25, 0.3) is 11.3 Å². The van der Waals surface area contributed by atoms with Crippen LogP contribution in [-0.4, -0.2) is 11.1 Å². The number of hydrogen-bond acceptors (Lipinski definition) is 4. The summed E-state index contributed by atoms with van der Waals surface area (Å²) in [6, 6.07) is 15.8. The van der Waals surface area contributed by atoms with Gasteiger partial charge in [-0.05, 0) is 24.3 Å². The Bertz CT molecular complexity index is 828. The van der Waals surface area contributed by atoms with Gasteiger partial charge in [-0.3, -0.25) is 4.79 Å². The van der Waals surface area contributed by atoms with Gasteiger partial charge in [0.25, 0.3) is 5.91 Å². The van der Waals surface area contributed by atoms with E-state index in [0.29, 0.717) is 27.8 Å². The third-order valence-corrected chi connectivity index (χ3v) is 3.47. The molecule has 6 heteroatoms. The highest BCUT2D eigenvalue weighted by Gasteiger charge is 2.11. The number of nitrogens with zero attached hydrogens (tertiary/aromatic N) is 1. The van der Waals surface area contributed by atoms with Crippen LogP contribution in [0.5, 0.6) is 5.75 Å². The molecule has 0 fully saturated rings. The van der Waals surface area contributed by atoms with Gasteiger partial charge in [0.15, 0.2) is 5.76 Å². The summed E-state index contributed by atoms with van der Waals surface area (Å²) >= 11 is 5.86. The molecule has 1 heterocycles. The Hall–Kier alpha value is -2.79. The summed E-state index contributed by atoms with van der Waals surface area (Å²) in [6.07, 6.45) is 0. The highest BCUT2D eigenvalue weighted by Crippen LogP contribution is 2.23. The minimum Gasteiger partial charge on any atom is -0.485 e. The van der Waals surface area contributed by atoms with Crippen molar-refractivity contribution in [3.63, 3.8) is 0 Å². The largest absolute Gasteiger partial charge is 0.485 e. The van der Waals surface area contributed by atoms with Crippen LogP contribution in [0.2, 0.25) is 5.02 Å². The van der Waals surface area contributed by atoms with Gasteiger partial charge in [-0.1, -0.05) is 41.0 Å². The summed E-state index contributed by atoms with van der Waals surface area (Å²) in [6.45, 7) is 0.144. The van der Waals surface area contributed by atoms with Crippen LogP contribution in [-0.2, 0) is 6.61 Å². The van der Waals surface area contributed by atoms with Crippen molar-refractivity contribution in [2.24, 2.45) is 5.73 Å². The van der Waals surface area contributed by atoms with Gasteiger partial charge in [0.1, 0.15) is 18.1 Å². The van der Waals surface area contributed by atoms with Crippen molar-refractivity contribution in [1.29, 1.82) is 0 Å². The van der Waals surface area contributed by atoms with E-state index in [4.69, 9.17) is 26.6 Å². The zero-order valence-electron chi connectivity index (χ0n) is 12.0. The van der Waals surface area contributed by atoms with Crippen molar-refractivity contribution in [3.05, 3.63) is 70.9 Å². The molecule has 1 amide bonds. The zero-order chi connectivity index (χ0) is 16.2. The maximum absolute atomic E-state index is 11.3. The van der Waals surface area contributed by atoms with E-state index >= 15 is 0 Å². The molecular weight excluding hydrogens is 316 g/mol. The van der Waals surface area contributed by atoms with E-state index in [2.05, 4.69) is 5.16 Å². The van der Waals surface area contributed by atoms with Crippen molar-refractivity contribution in [3.8, 4) is 17.0 Å². The smallest absolute Gasteiger partial charge is 0.252 e. The number of primary amides is 1. The second kappa shape index (κ2) is 6.54. The average molecular weight is 329 g/mol. The molecule has 0 bridgehead atoms. The first-order valence-electron chi connectivity index (χ1n) is 6.86. The van der Waals surface area contributed by atoms with E-state index in [1.54, 1.807) is 42.5 Å². The molecule has 1 aromatic heterocycles. The maximum Gasteiger partial charge on any atom is 0.252 e. The Labute approximate surface area is 137 Å². The SMILES string of the molecule is NC(=O)c1ccccc1OCc1cc(-c2ccc(Cl)cc2)no1. The molecule has 0 saturated carbocycles. The average Bonchev–Trinajstić information content (AvgIpc) is 3.03. The molecule has 3 rings (SSSR count). The number of rotatable bonds is 5. The number of hydrogen-bond donors (Lipinski definition) is 1. The summed E-state index contributed by atoms with van der Waals surface area (Å²) in [7, 11) is 0. The second-order valence-electron chi connectivity index (χ2n) is 4.83. The number of carbonyl (C=O) groups is 1. The molecule has 116 valence electrons. The van der Waals surface area contributed by atoms with Gasteiger partial charge in [0.2, 0.25) is 0 Å². The molecule has 0 aliphatic rings. The van der Waals surface area contributed by atoms with Crippen molar-refractivity contribution >= 4 is 17.5 Å². The number of carbonyl (C=O) groups excluding carboxylic acids is 1. The fourth-order valence-electron chi connectivity index (χ4n) is 2.08. The minimum absolute atomic E-state index is 0.144. The quantitative estimate of drug-likeness (QED) is 0.775. The number of para-hydroxylation sites is 1. The van der Waals surface area contributed by atoms with Crippen LogP contribution in [0.1, 0.15) is 16.1 Å². The highest BCUT2D eigenvalue weighted by molar-refractivity contribution is 6.30. The molecule has 0 spiro atoms. The third-order valence-electron chi connectivity index (χ3n) is 3.22. The number of nitrogens with two attached hydrogens (primary N) is 1. The monoisotopic (exact) mass is 328 g/mol. The molecule has 2 N–H and O–H groups in total. The Morgan fingerprint density at radius 1 is 1.17 bits per heavy atom. The number of amides is 1. The van der Waals surface area contributed by atoms with Crippen LogP contribution >= 0.6 is 11.6 Å². The molecule has 0 radical (unpaired) electrons. The van der Waals surface area contributed by atoms with Gasteiger partial charge in [-0.25, -0.2) is 0 Å². The van der Waals surface area contributed by atoms with Crippen LogP contribution in [0.15, 0.2) is 59.1 Å². The van der Waals surface area contributed by atoms with E-state index in [9.17, 15) is 4.79 Å². The summed E-state index contributed by atoms with van der Waals surface area (Å²) in [4.78, 5) is 11.3. The van der Waals surface area contributed by atoms with Crippen molar-refractivity contribution < 1.29 is 14.1 Å². The van der Waals surface area contributed by atoms with Crippen LogP contribution in [0.4, 0.5) is 0 Å². The number of benzene rings is 2. The van der Waals surface area contributed by atoms with E-state index in [-0.39, 0.29) is 6.61 Å². The Morgan fingerprint density at radius 2 is 1.91 bits per heavy atom. The summed E-state index contributed by atoms with van der Waals surface area (Å²) in [5.41, 5.74) is 7.21. The molecule has 0 saturated heterocycles. The van der Waals surface area contributed by atoms with E-state index in [1.165, 1.54) is 0 Å². The lowest BCUT2D eigenvalue weighted by atomic mass is 10.1. The van der Waals surface area contributed by atoms with Gasteiger partial charge in [-0.15, -0.1) is 0 Å². The fourth-order valence-corrected chi connectivity index (χ4v) is 2.21. The van der Waals surface area contributed by atoms with Crippen LogP contribution in [0, 0.1) is 0 Å². The molecule has 5 nitrogen and oxygen atoms in total. The molecule has 23 heavy (non-hydrogen) atoms. The lowest BCUT2D eigenvalue weighted by Crippen LogP contribution is -2.12. The van der Waals surface area contributed by atoms with Crippen LogP contribution < -0.4 is 10.5 Å². The highest BCUT2D eigenvalue weighted by atomic mass is 35.5. The van der Waals surface area contributed by atoms with Crippen molar-refractivity contribution in [1.82, 2.24) is 5.16 Å². The molecule has 0 aliphatic carbocycles. The molecule has 0 atom stereocenters. The van der Waals surface area contributed by atoms with E-state index in [1.807, 2.05) is 12.1 Å². The summed E-state index contributed by atoms with van der Waals surface area (Å²) in [5, 5.41) is 4.65. The van der Waals surface area contributed by atoms with E-state index in [0.717, 1.165) is 5.56 Å². The first-order chi connectivity index (χ1) is 11.1. The lowest BCUT2D eigenvalue weighted by molar-refractivity contribution is 0.0995. The van der Waals surface area contributed by atoms with Crippen molar-refractivity contribution in [2.75, 3.05) is 0 Å². The fraction of sp³-hybridized carbons (Fsp3) is 0.0588. The normalized spacial score (nSPS) is 10.5. The Morgan fingerprint density at radius 3 is 2.65 bits per heavy atom. The van der Waals surface area contributed by atoms with Gasteiger partial charge < -0.3 is 15.0 Å². The van der Waals surface area contributed by atoms with E-state index < -0.39 is 5.91 Å². The summed E-state index contributed by atoms with van der Waals surface area (Å²) < 4.78 is 10.8. The molecule has 0 aliphatic heterocycles. The first-order valence-corrected chi connectivity index (χ1v) is 7.24. The van der Waals surface area contributed by atoms with Crippen LogP contribution in [0.3, 0.4) is 0 Å². The molecular formula is C17H13ClN2O3. The molecule has 0 unspecified atom stereocenters. The lowest BCUT2D eigenvalue weighted by Gasteiger charge is -2.07. The number of ether oxygens (including phenoxy) is 1. The predicted molar refractivity (Wildman–Crippen MR) is 86.2 cm³/mol. The van der Waals surface area contributed by atoms with Gasteiger partial charge in [0.05, 0.1) is 5.56 Å². The van der Waals surface area contributed by atoms with Gasteiger partial charge in [0, 0.05) is 16.7 Å².